The quantitative estimate of drug-likeness (QED) is 0.810. The number of hydrogen-bond donors (Lipinski definition) is 3. The molecule has 4 N–H and O–H groups in total. The Morgan fingerprint density at radius 3 is 2.50 bits per heavy atom. The summed E-state index contributed by atoms with van der Waals surface area (Å²) in [5.74, 6) is -1.27. The fourth-order valence-electron chi connectivity index (χ4n) is 1.95. The maximum atomic E-state index is 14.6. The van der Waals surface area contributed by atoms with Crippen molar-refractivity contribution in [3.05, 3.63) is 53.3 Å². The van der Waals surface area contributed by atoms with E-state index in [1.54, 1.807) is 36.4 Å². The van der Waals surface area contributed by atoms with Crippen molar-refractivity contribution in [1.29, 1.82) is 0 Å². The third kappa shape index (κ3) is 3.44. The van der Waals surface area contributed by atoms with Crippen molar-refractivity contribution >= 4 is 23.2 Å². The van der Waals surface area contributed by atoms with Gasteiger partial charge in [-0.2, -0.15) is 0 Å². The van der Waals surface area contributed by atoms with E-state index in [1.165, 1.54) is 13.0 Å². The second-order valence-electron chi connectivity index (χ2n) is 4.90. The molecule has 0 fully saturated rings. The van der Waals surface area contributed by atoms with Gasteiger partial charge in [-0.05, 0) is 19.1 Å². The summed E-state index contributed by atoms with van der Waals surface area (Å²) in [4.78, 5) is 11.8. The van der Waals surface area contributed by atoms with E-state index in [2.05, 4.69) is 5.32 Å². The van der Waals surface area contributed by atoms with Gasteiger partial charge in [0.15, 0.2) is 5.82 Å². The first-order valence-corrected chi connectivity index (χ1v) is 7.07. The number of halogens is 2. The number of nitrogens with two attached hydrogens (primary N) is 1. The minimum absolute atomic E-state index is 0.0153. The summed E-state index contributed by atoms with van der Waals surface area (Å²) in [5.41, 5.74) is 6.31. The Hall–Kier alpha value is -1.95. The zero-order chi connectivity index (χ0) is 16.3. The van der Waals surface area contributed by atoms with Crippen LogP contribution in [0, 0.1) is 5.82 Å². The second kappa shape index (κ2) is 6.87. The molecule has 0 unspecified atom stereocenters. The molecule has 2 rings (SSSR count). The lowest BCUT2D eigenvalue weighted by molar-refractivity contribution is -0.119. The highest BCUT2D eigenvalue weighted by molar-refractivity contribution is 6.33. The minimum Gasteiger partial charge on any atom is -0.391 e. The monoisotopic (exact) mass is 322 g/mol. The van der Waals surface area contributed by atoms with Gasteiger partial charge in [-0.1, -0.05) is 41.9 Å². The average Bonchev–Trinajstić information content (AvgIpc) is 2.49. The van der Waals surface area contributed by atoms with Gasteiger partial charge >= 0.3 is 0 Å². The topological polar surface area (TPSA) is 75.3 Å². The minimum atomic E-state index is -1.14. The van der Waals surface area contributed by atoms with Gasteiger partial charge in [0.05, 0.1) is 11.8 Å². The zero-order valence-corrected chi connectivity index (χ0v) is 12.6. The molecule has 4 nitrogen and oxygen atoms in total. The molecule has 0 heterocycles. The molecule has 0 saturated carbocycles. The summed E-state index contributed by atoms with van der Waals surface area (Å²) < 4.78 is 14.6. The van der Waals surface area contributed by atoms with Crippen molar-refractivity contribution in [2.24, 2.45) is 5.73 Å². The number of carbonyl (C=O) groups is 1. The number of rotatable bonds is 4. The fourth-order valence-corrected chi connectivity index (χ4v) is 2.19. The summed E-state index contributed by atoms with van der Waals surface area (Å²) in [6.45, 7) is 1.39. The van der Waals surface area contributed by atoms with Gasteiger partial charge in [-0.15, -0.1) is 0 Å². The number of amides is 1. The Morgan fingerprint density at radius 2 is 1.86 bits per heavy atom. The van der Waals surface area contributed by atoms with Crippen molar-refractivity contribution in [2.45, 2.75) is 19.1 Å². The Morgan fingerprint density at radius 1 is 1.23 bits per heavy atom. The van der Waals surface area contributed by atoms with Crippen LogP contribution in [0.4, 0.5) is 10.1 Å². The highest BCUT2D eigenvalue weighted by Gasteiger charge is 2.21. The Labute approximate surface area is 132 Å². The molecule has 0 bridgehead atoms. The molecule has 1 amide bonds. The summed E-state index contributed by atoms with van der Waals surface area (Å²) >= 11 is 6.07. The van der Waals surface area contributed by atoms with Crippen LogP contribution in [0.25, 0.3) is 11.1 Å². The van der Waals surface area contributed by atoms with Gasteiger partial charge in [0.2, 0.25) is 5.91 Å². The number of aliphatic hydroxyl groups excluding tert-OH is 1. The molecular weight excluding hydrogens is 307 g/mol. The van der Waals surface area contributed by atoms with Gasteiger partial charge < -0.3 is 16.2 Å². The summed E-state index contributed by atoms with van der Waals surface area (Å²) in [6, 6.07) is 10.3. The average molecular weight is 323 g/mol. The molecule has 2 atom stereocenters. The number of carbonyl (C=O) groups excluding carboxylic acids is 1. The lowest BCUT2D eigenvalue weighted by Gasteiger charge is -2.16. The first kappa shape index (κ1) is 16.4. The van der Waals surface area contributed by atoms with Crippen molar-refractivity contribution in [2.75, 3.05) is 5.32 Å². The van der Waals surface area contributed by atoms with Crippen molar-refractivity contribution < 1.29 is 14.3 Å². The molecule has 0 aromatic heterocycles. The normalized spacial score (nSPS) is 13.5. The molecule has 22 heavy (non-hydrogen) atoms. The first-order chi connectivity index (χ1) is 10.4. The van der Waals surface area contributed by atoms with Crippen molar-refractivity contribution in [3.63, 3.8) is 0 Å². The number of aliphatic hydroxyl groups is 1. The molecule has 2 aromatic carbocycles. The van der Waals surface area contributed by atoms with E-state index >= 15 is 0 Å². The number of hydrogen-bond acceptors (Lipinski definition) is 3. The Bertz CT molecular complexity index is 692. The van der Waals surface area contributed by atoms with Crippen LogP contribution in [0.5, 0.6) is 0 Å². The third-order valence-corrected chi connectivity index (χ3v) is 3.57. The van der Waals surface area contributed by atoms with Crippen LogP contribution in [0.15, 0.2) is 42.5 Å². The van der Waals surface area contributed by atoms with E-state index in [9.17, 15) is 14.3 Å². The lowest BCUT2D eigenvalue weighted by Crippen LogP contribution is -2.43. The summed E-state index contributed by atoms with van der Waals surface area (Å²) in [7, 11) is 0. The molecule has 0 aliphatic heterocycles. The highest BCUT2D eigenvalue weighted by Crippen LogP contribution is 2.32. The predicted octanol–water partition coefficient (Wildman–Crippen LogP) is 2.79. The van der Waals surface area contributed by atoms with E-state index in [0.29, 0.717) is 10.6 Å². The maximum Gasteiger partial charge on any atom is 0.244 e. The van der Waals surface area contributed by atoms with Gasteiger partial charge in [-0.25, -0.2) is 4.39 Å². The number of nitrogens with one attached hydrogen (secondary N) is 1. The van der Waals surface area contributed by atoms with Gasteiger partial charge in [0, 0.05) is 16.1 Å². The van der Waals surface area contributed by atoms with Crippen LogP contribution in [-0.4, -0.2) is 23.2 Å². The zero-order valence-electron chi connectivity index (χ0n) is 11.9. The lowest BCUT2D eigenvalue weighted by atomic mass is 10.0. The first-order valence-electron chi connectivity index (χ1n) is 6.69. The van der Waals surface area contributed by atoms with E-state index in [1.807, 2.05) is 0 Å². The van der Waals surface area contributed by atoms with Crippen LogP contribution in [0.3, 0.4) is 0 Å². The fraction of sp³-hybridized carbons (Fsp3) is 0.188. The maximum absolute atomic E-state index is 14.6. The summed E-state index contributed by atoms with van der Waals surface area (Å²) in [6.07, 6.45) is -1.03. The molecule has 0 saturated heterocycles. The van der Waals surface area contributed by atoms with E-state index in [0.717, 1.165) is 0 Å². The molecular formula is C16H16ClFN2O2. The summed E-state index contributed by atoms with van der Waals surface area (Å²) in [5, 5.41) is 12.1. The van der Waals surface area contributed by atoms with Gasteiger partial charge in [-0.3, -0.25) is 4.79 Å². The molecule has 116 valence electrons. The molecule has 0 aliphatic carbocycles. The molecule has 0 aliphatic rings. The van der Waals surface area contributed by atoms with E-state index in [-0.39, 0.29) is 11.3 Å². The largest absolute Gasteiger partial charge is 0.391 e. The van der Waals surface area contributed by atoms with Crippen LogP contribution >= 0.6 is 11.6 Å². The SMILES string of the molecule is C[C@@H](O)[C@H](N)C(=O)Nc1cccc(-c2ccccc2Cl)c1F. The number of benzene rings is 2. The molecule has 0 spiro atoms. The predicted molar refractivity (Wildman–Crippen MR) is 85.1 cm³/mol. The number of anilines is 1. The van der Waals surface area contributed by atoms with E-state index < -0.39 is 23.9 Å². The van der Waals surface area contributed by atoms with Gasteiger partial charge in [0.25, 0.3) is 0 Å². The van der Waals surface area contributed by atoms with E-state index in [4.69, 9.17) is 17.3 Å². The van der Waals surface area contributed by atoms with Crippen LogP contribution in [-0.2, 0) is 4.79 Å². The Balaban J connectivity index is 2.35. The molecule has 0 radical (unpaired) electrons. The van der Waals surface area contributed by atoms with Crippen LogP contribution in [0.1, 0.15) is 6.92 Å². The smallest absolute Gasteiger partial charge is 0.244 e. The molecule has 6 heteroatoms. The third-order valence-electron chi connectivity index (χ3n) is 3.24. The highest BCUT2D eigenvalue weighted by atomic mass is 35.5. The van der Waals surface area contributed by atoms with Crippen molar-refractivity contribution in [3.8, 4) is 11.1 Å². The Kier molecular flexibility index (Phi) is 5.13. The van der Waals surface area contributed by atoms with Crippen LogP contribution in [0.2, 0.25) is 5.02 Å². The molecule has 2 aromatic rings. The van der Waals surface area contributed by atoms with Crippen molar-refractivity contribution in [1.82, 2.24) is 0 Å². The van der Waals surface area contributed by atoms with Gasteiger partial charge in [0.1, 0.15) is 6.04 Å². The second-order valence-corrected chi connectivity index (χ2v) is 5.31. The van der Waals surface area contributed by atoms with Crippen LogP contribution < -0.4 is 11.1 Å². The standard InChI is InChI=1S/C16H16ClFN2O2/c1-9(21)15(19)16(22)20-13-8-4-6-11(14(13)18)10-5-2-3-7-12(10)17/h2-9,15,21H,19H2,1H3,(H,20,22)/t9-,15+/m1/s1.